The Kier molecular flexibility index (Phi) is 12.4. The molecule has 0 spiro atoms. The van der Waals surface area contributed by atoms with Gasteiger partial charge in [0.1, 0.15) is 0 Å². The molecule has 1 N–H and O–H groups in total. The van der Waals surface area contributed by atoms with Crippen molar-refractivity contribution in [2.45, 2.75) is 52.1 Å². The lowest BCUT2D eigenvalue weighted by Gasteiger charge is -2.24. The average Bonchev–Trinajstić information content (AvgIpc) is 3.10. The second-order valence-electron chi connectivity index (χ2n) is 12.1. The summed E-state index contributed by atoms with van der Waals surface area (Å²) in [5.41, 5.74) is 2.28. The van der Waals surface area contributed by atoms with E-state index in [2.05, 4.69) is 10.3 Å². The van der Waals surface area contributed by atoms with Crippen LogP contribution in [0.2, 0.25) is 0 Å². The minimum atomic E-state index is -4.51. The SMILES string of the molecule is CCC1=C(OC(=O)CCCc2ccc(NC(=O)c3ccc(C)nc3-c3ccc(C(F)(F)F)cc3)c(C(=O)N(C)C)c2)C(OC)=CC(C(=O)OC)C1. The normalized spacial score (nSPS) is 14.4. The standard InChI is InChI=1S/C38H40F3N3O7/c1-7-24-20-26(37(48)50-6)21-31(49-5)34(24)51-32(45)10-8-9-23-12-18-30(29(19-23)36(47)44(3)4)43-35(46)28-17-11-22(2)42-33(28)25-13-15-27(16-14-25)38(39,40)41/h11-19,21,26H,7-10,20H2,1-6H3,(H,43,46). The third-order valence-electron chi connectivity index (χ3n) is 8.31. The molecule has 0 radical (unpaired) electrons. The van der Waals surface area contributed by atoms with E-state index in [1.165, 1.54) is 37.3 Å². The number of rotatable bonds is 12. The number of aromatic nitrogens is 1. The maximum absolute atomic E-state index is 13.6. The lowest BCUT2D eigenvalue weighted by molar-refractivity contribution is -0.144. The van der Waals surface area contributed by atoms with Gasteiger partial charge < -0.3 is 24.4 Å². The Morgan fingerprint density at radius 1 is 0.980 bits per heavy atom. The monoisotopic (exact) mass is 707 g/mol. The minimum absolute atomic E-state index is 0.0561. The van der Waals surface area contributed by atoms with Crippen molar-refractivity contribution in [1.82, 2.24) is 9.88 Å². The van der Waals surface area contributed by atoms with Gasteiger partial charge in [0.05, 0.1) is 48.2 Å². The first-order valence-electron chi connectivity index (χ1n) is 16.2. The summed E-state index contributed by atoms with van der Waals surface area (Å²) < 4.78 is 55.4. The fourth-order valence-electron chi connectivity index (χ4n) is 5.58. The Balaban J connectivity index is 1.49. The van der Waals surface area contributed by atoms with Gasteiger partial charge in [-0.2, -0.15) is 13.2 Å². The molecule has 1 atom stereocenters. The van der Waals surface area contributed by atoms with Crippen molar-refractivity contribution >= 4 is 29.4 Å². The number of anilines is 1. The zero-order valence-corrected chi connectivity index (χ0v) is 29.3. The van der Waals surface area contributed by atoms with E-state index in [9.17, 15) is 32.3 Å². The first kappa shape index (κ1) is 38.3. The fourth-order valence-corrected chi connectivity index (χ4v) is 5.58. The van der Waals surface area contributed by atoms with E-state index < -0.39 is 35.5 Å². The summed E-state index contributed by atoms with van der Waals surface area (Å²) in [6.45, 7) is 3.59. The maximum Gasteiger partial charge on any atom is 0.416 e. The largest absolute Gasteiger partial charge is 0.493 e. The molecule has 0 saturated carbocycles. The van der Waals surface area contributed by atoms with E-state index in [0.717, 1.165) is 23.3 Å². The molecule has 13 heteroatoms. The number of alkyl halides is 3. The highest BCUT2D eigenvalue weighted by Gasteiger charge is 2.31. The Morgan fingerprint density at radius 3 is 2.29 bits per heavy atom. The van der Waals surface area contributed by atoms with Crippen molar-refractivity contribution in [3.8, 4) is 11.3 Å². The summed E-state index contributed by atoms with van der Waals surface area (Å²) in [7, 11) is 5.89. The summed E-state index contributed by atoms with van der Waals surface area (Å²) in [5, 5.41) is 2.78. The zero-order chi connectivity index (χ0) is 37.5. The van der Waals surface area contributed by atoms with E-state index >= 15 is 0 Å². The Morgan fingerprint density at radius 2 is 1.69 bits per heavy atom. The average molecular weight is 708 g/mol. The molecule has 1 unspecified atom stereocenters. The smallest absolute Gasteiger partial charge is 0.416 e. The number of benzene rings is 2. The van der Waals surface area contributed by atoms with Crippen molar-refractivity contribution in [2.24, 2.45) is 5.92 Å². The highest BCUT2D eigenvalue weighted by molar-refractivity contribution is 6.11. The summed E-state index contributed by atoms with van der Waals surface area (Å²) in [4.78, 5) is 57.6. The van der Waals surface area contributed by atoms with E-state index in [-0.39, 0.29) is 34.8 Å². The van der Waals surface area contributed by atoms with Gasteiger partial charge >= 0.3 is 18.1 Å². The van der Waals surface area contributed by atoms with E-state index in [0.29, 0.717) is 48.5 Å². The van der Waals surface area contributed by atoms with Gasteiger partial charge in [-0.05, 0) is 86.2 Å². The molecule has 4 rings (SSSR count). The van der Waals surface area contributed by atoms with Crippen molar-refractivity contribution in [3.63, 3.8) is 0 Å². The molecular weight excluding hydrogens is 667 g/mol. The van der Waals surface area contributed by atoms with Gasteiger partial charge in [0.15, 0.2) is 11.5 Å². The van der Waals surface area contributed by atoms with Crippen LogP contribution in [-0.2, 0) is 36.4 Å². The number of carbonyl (C=O) groups is 4. The molecule has 1 heterocycles. The van der Waals surface area contributed by atoms with Crippen LogP contribution in [0.5, 0.6) is 0 Å². The van der Waals surface area contributed by atoms with Crippen molar-refractivity contribution in [1.29, 1.82) is 0 Å². The molecule has 0 aliphatic heterocycles. The molecule has 270 valence electrons. The highest BCUT2D eigenvalue weighted by atomic mass is 19.4. The summed E-state index contributed by atoms with van der Waals surface area (Å²) in [6, 6.07) is 12.5. The number of ether oxygens (including phenoxy) is 3. The van der Waals surface area contributed by atoms with Crippen LogP contribution < -0.4 is 5.32 Å². The molecule has 51 heavy (non-hydrogen) atoms. The molecular formula is C38H40F3N3O7. The lowest BCUT2D eigenvalue weighted by atomic mass is 9.90. The molecule has 2 amide bonds. The summed E-state index contributed by atoms with van der Waals surface area (Å²) in [5.74, 6) is -1.82. The molecule has 3 aromatic rings. The molecule has 1 aliphatic rings. The molecule has 0 bridgehead atoms. The minimum Gasteiger partial charge on any atom is -0.493 e. The van der Waals surface area contributed by atoms with Crippen LogP contribution in [0.3, 0.4) is 0 Å². The topological polar surface area (TPSA) is 124 Å². The number of methoxy groups -OCH3 is 2. The Hall–Kier alpha value is -5.46. The lowest BCUT2D eigenvalue weighted by Crippen LogP contribution is -2.24. The van der Waals surface area contributed by atoms with Crippen LogP contribution in [0.4, 0.5) is 18.9 Å². The second-order valence-corrected chi connectivity index (χ2v) is 12.1. The number of halogens is 3. The first-order valence-corrected chi connectivity index (χ1v) is 16.2. The predicted octanol–water partition coefficient (Wildman–Crippen LogP) is 7.28. The zero-order valence-electron chi connectivity index (χ0n) is 29.3. The highest BCUT2D eigenvalue weighted by Crippen LogP contribution is 2.34. The van der Waals surface area contributed by atoms with Crippen molar-refractivity contribution < 1.29 is 46.6 Å². The van der Waals surface area contributed by atoms with Crippen LogP contribution >= 0.6 is 0 Å². The third-order valence-corrected chi connectivity index (χ3v) is 8.31. The van der Waals surface area contributed by atoms with E-state index in [1.54, 1.807) is 51.4 Å². The van der Waals surface area contributed by atoms with Crippen LogP contribution in [0.15, 0.2) is 77.8 Å². The number of pyridine rings is 1. The molecule has 2 aromatic carbocycles. The predicted molar refractivity (Wildman–Crippen MR) is 183 cm³/mol. The number of nitrogens with one attached hydrogen (secondary N) is 1. The molecule has 0 saturated heterocycles. The van der Waals surface area contributed by atoms with Crippen LogP contribution in [-0.4, -0.2) is 62.0 Å². The van der Waals surface area contributed by atoms with Crippen molar-refractivity contribution in [2.75, 3.05) is 33.6 Å². The molecule has 1 aliphatic carbocycles. The summed E-state index contributed by atoms with van der Waals surface area (Å²) >= 11 is 0. The third kappa shape index (κ3) is 9.41. The van der Waals surface area contributed by atoms with Gasteiger partial charge in [-0.3, -0.25) is 24.2 Å². The fraction of sp³-hybridized carbons (Fsp3) is 0.342. The number of hydrogen-bond acceptors (Lipinski definition) is 8. The number of hydrogen-bond donors (Lipinski definition) is 1. The Bertz CT molecular complexity index is 1870. The number of allylic oxidation sites excluding steroid dienone is 1. The van der Waals surface area contributed by atoms with Crippen LogP contribution in [0.25, 0.3) is 11.3 Å². The maximum atomic E-state index is 13.6. The number of carbonyl (C=O) groups excluding carboxylic acids is 4. The van der Waals surface area contributed by atoms with Gasteiger partial charge in [-0.15, -0.1) is 0 Å². The van der Waals surface area contributed by atoms with Crippen molar-refractivity contribution in [3.05, 3.63) is 106 Å². The molecule has 0 fully saturated rings. The number of aryl methyl sites for hydroxylation is 2. The van der Waals surface area contributed by atoms with E-state index in [4.69, 9.17) is 14.2 Å². The van der Waals surface area contributed by atoms with Gasteiger partial charge in [0.25, 0.3) is 11.8 Å². The second kappa shape index (κ2) is 16.5. The van der Waals surface area contributed by atoms with E-state index in [1.807, 2.05) is 6.92 Å². The van der Waals surface area contributed by atoms with Gasteiger partial charge in [0.2, 0.25) is 0 Å². The first-order chi connectivity index (χ1) is 24.2. The number of amides is 2. The van der Waals surface area contributed by atoms with Gasteiger partial charge in [-0.1, -0.05) is 25.1 Å². The van der Waals surface area contributed by atoms with Gasteiger partial charge in [0, 0.05) is 31.8 Å². The summed E-state index contributed by atoms with van der Waals surface area (Å²) in [6.07, 6.45) is -1.19. The van der Waals surface area contributed by atoms with Crippen LogP contribution in [0.1, 0.15) is 70.1 Å². The molecule has 1 aromatic heterocycles. The van der Waals surface area contributed by atoms with Crippen LogP contribution in [0, 0.1) is 12.8 Å². The quantitative estimate of drug-likeness (QED) is 0.195. The molecule has 10 nitrogen and oxygen atoms in total. The van der Waals surface area contributed by atoms with Gasteiger partial charge in [-0.25, -0.2) is 0 Å². The Labute approximate surface area is 294 Å². The number of esters is 2. The number of nitrogens with zero attached hydrogens (tertiary/aromatic N) is 2.